The molecule has 1 fully saturated rings. The van der Waals surface area contributed by atoms with E-state index >= 15 is 0 Å². The molecule has 0 spiro atoms. The third kappa shape index (κ3) is 2.64. The molecule has 1 aromatic heterocycles. The van der Waals surface area contributed by atoms with E-state index in [0.29, 0.717) is 5.88 Å². The molecule has 1 heterocycles. The number of aromatic nitrogens is 1. The van der Waals surface area contributed by atoms with Crippen molar-refractivity contribution in [2.24, 2.45) is 0 Å². The lowest BCUT2D eigenvalue weighted by atomic mass is 9.83. The molecule has 0 atom stereocenters. The molecule has 1 saturated carbocycles. The summed E-state index contributed by atoms with van der Waals surface area (Å²) in [6.45, 7) is 2.02. The van der Waals surface area contributed by atoms with Crippen molar-refractivity contribution in [3.8, 4) is 0 Å². The highest BCUT2D eigenvalue weighted by Gasteiger charge is 2.31. The van der Waals surface area contributed by atoms with E-state index in [4.69, 9.17) is 11.6 Å². The van der Waals surface area contributed by atoms with Gasteiger partial charge < -0.3 is 5.32 Å². The number of thiazole rings is 1. The molecule has 1 aliphatic carbocycles. The van der Waals surface area contributed by atoms with Crippen LogP contribution in [0.1, 0.15) is 37.8 Å². The second-order valence-electron chi connectivity index (χ2n) is 4.39. The molecule has 0 radical (unpaired) electrons. The minimum Gasteiger partial charge on any atom is -0.355 e. The fraction of sp³-hybridized carbons (Fsp3) is 0.727. The smallest absolute Gasteiger partial charge is 0.183 e. The number of nitrogens with zero attached hydrogens (tertiary/aromatic N) is 1. The molecule has 84 valence electrons. The van der Waals surface area contributed by atoms with Gasteiger partial charge in [0.25, 0.3) is 0 Å². The highest BCUT2D eigenvalue weighted by atomic mass is 35.5. The average molecular weight is 245 g/mol. The first kappa shape index (κ1) is 11.2. The van der Waals surface area contributed by atoms with Crippen LogP contribution in [0.2, 0.25) is 0 Å². The predicted octanol–water partition coefficient (Wildman–Crippen LogP) is 3.81. The van der Waals surface area contributed by atoms with Crippen LogP contribution in [0.25, 0.3) is 0 Å². The van der Waals surface area contributed by atoms with E-state index < -0.39 is 0 Å². The molecule has 2 rings (SSSR count). The third-order valence-corrected chi connectivity index (χ3v) is 4.44. The molecule has 0 aliphatic heterocycles. The lowest BCUT2D eigenvalue weighted by Gasteiger charge is -2.36. The van der Waals surface area contributed by atoms with Crippen molar-refractivity contribution >= 4 is 28.1 Å². The highest BCUT2D eigenvalue weighted by molar-refractivity contribution is 7.13. The quantitative estimate of drug-likeness (QED) is 0.818. The Bertz CT molecular complexity index is 318. The largest absolute Gasteiger partial charge is 0.355 e. The topological polar surface area (TPSA) is 24.9 Å². The van der Waals surface area contributed by atoms with E-state index in [1.165, 1.54) is 32.1 Å². The Labute approximate surface area is 100 Å². The maximum Gasteiger partial charge on any atom is 0.183 e. The maximum absolute atomic E-state index is 6.11. The van der Waals surface area contributed by atoms with Gasteiger partial charge in [-0.2, -0.15) is 0 Å². The van der Waals surface area contributed by atoms with Crippen LogP contribution in [0.4, 0.5) is 5.13 Å². The Morgan fingerprint density at radius 3 is 2.73 bits per heavy atom. The van der Waals surface area contributed by atoms with Crippen LogP contribution >= 0.6 is 22.9 Å². The number of rotatable bonds is 3. The monoisotopic (exact) mass is 244 g/mol. The van der Waals surface area contributed by atoms with Crippen LogP contribution in [-0.4, -0.2) is 16.4 Å². The number of aryl methyl sites for hydroxylation is 1. The van der Waals surface area contributed by atoms with Gasteiger partial charge in [-0.3, -0.25) is 0 Å². The Hall–Kier alpha value is -0.280. The highest BCUT2D eigenvalue weighted by Crippen LogP contribution is 2.33. The van der Waals surface area contributed by atoms with Gasteiger partial charge in [0.05, 0.1) is 11.2 Å². The summed E-state index contributed by atoms with van der Waals surface area (Å²) in [5, 5.41) is 6.64. The molecular formula is C11H17ClN2S. The zero-order chi connectivity index (χ0) is 10.7. The molecule has 15 heavy (non-hydrogen) atoms. The molecule has 1 N–H and O–H groups in total. The lowest BCUT2D eigenvalue weighted by molar-refractivity contribution is 0.353. The average Bonchev–Trinajstić information content (AvgIpc) is 2.65. The van der Waals surface area contributed by atoms with Crippen molar-refractivity contribution in [1.29, 1.82) is 0 Å². The molecular weight excluding hydrogens is 228 g/mol. The summed E-state index contributed by atoms with van der Waals surface area (Å²) >= 11 is 7.78. The fourth-order valence-corrected chi connectivity index (χ4v) is 3.30. The first-order valence-electron chi connectivity index (χ1n) is 5.50. The van der Waals surface area contributed by atoms with Gasteiger partial charge in [-0.15, -0.1) is 22.9 Å². The summed E-state index contributed by atoms with van der Waals surface area (Å²) in [6, 6.07) is 0. The standard InChI is InChI=1S/C11H17ClN2S/c1-9-7-15-10(13-9)14-11(8-12)5-3-2-4-6-11/h7H,2-6,8H2,1H3,(H,13,14). The number of halogens is 1. The van der Waals surface area contributed by atoms with Crippen LogP contribution in [0.3, 0.4) is 0 Å². The number of hydrogen-bond donors (Lipinski definition) is 1. The second kappa shape index (κ2) is 4.71. The van der Waals surface area contributed by atoms with E-state index in [0.717, 1.165) is 10.8 Å². The summed E-state index contributed by atoms with van der Waals surface area (Å²) < 4.78 is 0. The van der Waals surface area contributed by atoms with Crippen LogP contribution in [-0.2, 0) is 0 Å². The van der Waals surface area contributed by atoms with Gasteiger partial charge >= 0.3 is 0 Å². The molecule has 1 aromatic rings. The third-order valence-electron chi connectivity index (χ3n) is 3.06. The molecule has 0 bridgehead atoms. The second-order valence-corrected chi connectivity index (χ2v) is 5.52. The summed E-state index contributed by atoms with van der Waals surface area (Å²) in [6.07, 6.45) is 6.26. The number of nitrogens with one attached hydrogen (secondary N) is 1. The van der Waals surface area contributed by atoms with Crippen molar-refractivity contribution in [2.45, 2.75) is 44.6 Å². The Kier molecular flexibility index (Phi) is 3.52. The number of anilines is 1. The summed E-state index contributed by atoms with van der Waals surface area (Å²) in [5.74, 6) is 0.686. The Morgan fingerprint density at radius 1 is 1.47 bits per heavy atom. The van der Waals surface area contributed by atoms with E-state index in [-0.39, 0.29) is 5.54 Å². The predicted molar refractivity (Wildman–Crippen MR) is 67.0 cm³/mol. The van der Waals surface area contributed by atoms with Gasteiger partial charge in [0.2, 0.25) is 0 Å². The van der Waals surface area contributed by atoms with Gasteiger partial charge in [-0.05, 0) is 19.8 Å². The fourth-order valence-electron chi connectivity index (χ4n) is 2.16. The van der Waals surface area contributed by atoms with E-state index in [9.17, 15) is 0 Å². The van der Waals surface area contributed by atoms with E-state index in [1.54, 1.807) is 11.3 Å². The zero-order valence-corrected chi connectivity index (χ0v) is 10.6. The van der Waals surface area contributed by atoms with Crippen molar-refractivity contribution in [3.63, 3.8) is 0 Å². The SMILES string of the molecule is Cc1csc(NC2(CCl)CCCCC2)n1. The van der Waals surface area contributed by atoms with E-state index in [1.807, 2.05) is 6.92 Å². The summed E-state index contributed by atoms with van der Waals surface area (Å²) in [4.78, 5) is 4.45. The zero-order valence-electron chi connectivity index (χ0n) is 9.05. The van der Waals surface area contributed by atoms with Crippen molar-refractivity contribution in [2.75, 3.05) is 11.2 Å². The van der Waals surface area contributed by atoms with Crippen molar-refractivity contribution in [1.82, 2.24) is 4.98 Å². The van der Waals surface area contributed by atoms with Crippen LogP contribution in [0.15, 0.2) is 5.38 Å². The van der Waals surface area contributed by atoms with Crippen LogP contribution in [0, 0.1) is 6.92 Å². The molecule has 0 saturated heterocycles. The van der Waals surface area contributed by atoms with Crippen LogP contribution < -0.4 is 5.32 Å². The van der Waals surface area contributed by atoms with Gasteiger partial charge in [-0.1, -0.05) is 19.3 Å². The van der Waals surface area contributed by atoms with Gasteiger partial charge in [0.1, 0.15) is 0 Å². The molecule has 1 aliphatic rings. The minimum absolute atomic E-state index is 0.101. The van der Waals surface area contributed by atoms with Crippen molar-refractivity contribution in [3.05, 3.63) is 11.1 Å². The molecule has 2 nitrogen and oxygen atoms in total. The van der Waals surface area contributed by atoms with Crippen molar-refractivity contribution < 1.29 is 0 Å². The minimum atomic E-state index is 0.101. The lowest BCUT2D eigenvalue weighted by Crippen LogP contribution is -2.42. The van der Waals surface area contributed by atoms with E-state index in [2.05, 4.69) is 15.7 Å². The maximum atomic E-state index is 6.11. The normalized spacial score (nSPS) is 20.1. The molecule has 0 amide bonds. The first-order valence-corrected chi connectivity index (χ1v) is 6.92. The van der Waals surface area contributed by atoms with Gasteiger partial charge in [0.15, 0.2) is 5.13 Å². The first-order chi connectivity index (χ1) is 7.24. The molecule has 0 unspecified atom stereocenters. The summed E-state index contributed by atoms with van der Waals surface area (Å²) in [7, 11) is 0. The Balaban J connectivity index is 2.06. The molecule has 0 aromatic carbocycles. The Morgan fingerprint density at radius 2 is 2.20 bits per heavy atom. The summed E-state index contributed by atoms with van der Waals surface area (Å²) in [5.41, 5.74) is 1.19. The molecule has 4 heteroatoms. The number of alkyl halides is 1. The number of hydrogen-bond acceptors (Lipinski definition) is 3. The van der Waals surface area contributed by atoms with Crippen LogP contribution in [0.5, 0.6) is 0 Å². The van der Waals surface area contributed by atoms with Gasteiger partial charge in [0, 0.05) is 11.3 Å². The van der Waals surface area contributed by atoms with Gasteiger partial charge in [-0.25, -0.2) is 4.98 Å².